The Morgan fingerprint density at radius 2 is 1.59 bits per heavy atom. The molecule has 0 aliphatic heterocycles. The van der Waals surface area contributed by atoms with Gasteiger partial charge in [-0.25, -0.2) is 0 Å². The zero-order chi connectivity index (χ0) is 13.7. The van der Waals surface area contributed by atoms with Crippen molar-refractivity contribution < 1.29 is 8.56 Å². The van der Waals surface area contributed by atoms with Crippen molar-refractivity contribution in [2.45, 2.75) is 63.1 Å². The fourth-order valence-electron chi connectivity index (χ4n) is 2.06. The zero-order valence-electron chi connectivity index (χ0n) is 12.6. The van der Waals surface area contributed by atoms with E-state index in [1.54, 1.807) is 6.92 Å². The van der Waals surface area contributed by atoms with Gasteiger partial charge < -0.3 is 0 Å². The second kappa shape index (κ2) is 7.26. The monoisotopic (exact) mass is 322 g/mol. The van der Waals surface area contributed by atoms with Crippen LogP contribution in [0.3, 0.4) is 0 Å². The van der Waals surface area contributed by atoms with Gasteiger partial charge in [-0.2, -0.15) is 0 Å². The summed E-state index contributed by atoms with van der Waals surface area (Å²) in [5, 5.41) is 1.78. The van der Waals surface area contributed by atoms with Crippen molar-refractivity contribution in [1.82, 2.24) is 0 Å². The third-order valence-corrected chi connectivity index (χ3v) is 15.6. The number of hydrogen-bond acceptors (Lipinski definition) is 2. The van der Waals surface area contributed by atoms with Crippen LogP contribution in [0.1, 0.15) is 41.5 Å². The third-order valence-electron chi connectivity index (χ3n) is 3.96. The van der Waals surface area contributed by atoms with Crippen molar-refractivity contribution in [2.24, 2.45) is 0 Å². The van der Waals surface area contributed by atoms with E-state index in [4.69, 9.17) is 3.76 Å². The van der Waals surface area contributed by atoms with E-state index in [9.17, 15) is 4.79 Å². The molecule has 0 aromatic carbocycles. The van der Waals surface area contributed by atoms with Crippen molar-refractivity contribution in [2.75, 3.05) is 12.3 Å². The molecule has 1 unspecified atom stereocenters. The van der Waals surface area contributed by atoms with Crippen LogP contribution in [0.2, 0.25) is 16.3 Å². The molecule has 0 aromatic rings. The third kappa shape index (κ3) is 4.33. The summed E-state index contributed by atoms with van der Waals surface area (Å²) >= 11 is -2.23. The second-order valence-electron chi connectivity index (χ2n) is 4.97. The fraction of sp³-hybridized carbons (Fsp3) is 0.923. The number of carbonyl (C=O) groups excluding carboxylic acids is 1. The standard InChI is InChI=1S/C13H29GeO2P/c1-8-14(7,9-2)16-13(6,12(5)15)17(10-3)11-4/h8-11H2,1-7H3. The first-order chi connectivity index (χ1) is 7.79. The SMILES string of the molecule is CCP(CC)C(C)([O][Ge]([CH3])([CH2]C)[CH2]C)C(C)=O. The number of Topliss-reactive ketones (excluding diaryl/α,β-unsaturated/α-hetero) is 1. The van der Waals surface area contributed by atoms with Gasteiger partial charge in [-0.15, -0.1) is 0 Å². The van der Waals surface area contributed by atoms with Gasteiger partial charge in [0.25, 0.3) is 0 Å². The summed E-state index contributed by atoms with van der Waals surface area (Å²) in [6.45, 7) is 12.5. The van der Waals surface area contributed by atoms with Gasteiger partial charge in [-0.3, -0.25) is 0 Å². The van der Waals surface area contributed by atoms with E-state index in [0.29, 0.717) is 0 Å². The Labute approximate surface area is 111 Å². The summed E-state index contributed by atoms with van der Waals surface area (Å²) in [4.78, 5) is 12.1. The predicted molar refractivity (Wildman–Crippen MR) is 80.8 cm³/mol. The summed E-state index contributed by atoms with van der Waals surface area (Å²) in [7, 11) is -0.342. The number of rotatable bonds is 8. The molecule has 4 heteroatoms. The molecule has 0 bridgehead atoms. The van der Waals surface area contributed by atoms with Gasteiger partial charge in [-0.1, -0.05) is 0 Å². The molecule has 0 saturated carbocycles. The van der Waals surface area contributed by atoms with Gasteiger partial charge >= 0.3 is 111 Å². The minimum absolute atomic E-state index is 0.228. The molecule has 0 saturated heterocycles. The number of ketones is 1. The number of carbonyl (C=O) groups is 1. The van der Waals surface area contributed by atoms with E-state index in [0.717, 1.165) is 22.8 Å². The van der Waals surface area contributed by atoms with Crippen molar-refractivity contribution in [3.05, 3.63) is 0 Å². The maximum absolute atomic E-state index is 12.1. The van der Waals surface area contributed by atoms with Gasteiger partial charge in [0, 0.05) is 0 Å². The molecular formula is C13H29GeO2P. The normalized spacial score (nSPS) is 16.0. The molecule has 0 aromatic heterocycles. The van der Waals surface area contributed by atoms with Crippen LogP contribution in [0.4, 0.5) is 0 Å². The minimum atomic E-state index is -2.23. The summed E-state index contributed by atoms with van der Waals surface area (Å²) < 4.78 is 6.50. The van der Waals surface area contributed by atoms with E-state index < -0.39 is 18.9 Å². The van der Waals surface area contributed by atoms with Gasteiger partial charge in [0.1, 0.15) is 0 Å². The van der Waals surface area contributed by atoms with Gasteiger partial charge in [0.2, 0.25) is 0 Å². The van der Waals surface area contributed by atoms with Crippen LogP contribution in [-0.2, 0) is 8.56 Å². The van der Waals surface area contributed by atoms with Crippen LogP contribution in [0, 0.1) is 0 Å². The van der Waals surface area contributed by atoms with Gasteiger partial charge in [0.15, 0.2) is 0 Å². The maximum atomic E-state index is 12.1. The molecule has 0 heterocycles. The molecule has 0 amide bonds. The molecule has 0 N–H and O–H groups in total. The van der Waals surface area contributed by atoms with E-state index in [1.165, 1.54) is 0 Å². The van der Waals surface area contributed by atoms with E-state index in [2.05, 4.69) is 33.5 Å². The Balaban J connectivity index is 5.15. The van der Waals surface area contributed by atoms with Crippen LogP contribution in [0.15, 0.2) is 0 Å². The zero-order valence-corrected chi connectivity index (χ0v) is 15.6. The van der Waals surface area contributed by atoms with Crippen molar-refractivity contribution in [1.29, 1.82) is 0 Å². The molecule has 0 aliphatic carbocycles. The van der Waals surface area contributed by atoms with Gasteiger partial charge in [-0.05, 0) is 0 Å². The van der Waals surface area contributed by atoms with Crippen LogP contribution >= 0.6 is 7.92 Å². The molecule has 0 radical (unpaired) electrons. The average molecular weight is 321 g/mol. The Hall–Kier alpha value is 0.603. The molecule has 17 heavy (non-hydrogen) atoms. The summed E-state index contributed by atoms with van der Waals surface area (Å²) in [5.41, 5.74) is 0. The first-order valence-corrected chi connectivity index (χ1v) is 14.4. The van der Waals surface area contributed by atoms with Crippen LogP contribution in [0.25, 0.3) is 0 Å². The first-order valence-electron chi connectivity index (χ1n) is 6.75. The molecule has 0 aliphatic rings. The average Bonchev–Trinajstić information content (AvgIpc) is 2.30. The van der Waals surface area contributed by atoms with Crippen LogP contribution in [0.5, 0.6) is 0 Å². The van der Waals surface area contributed by atoms with E-state index >= 15 is 0 Å². The Morgan fingerprint density at radius 3 is 1.82 bits per heavy atom. The van der Waals surface area contributed by atoms with Crippen LogP contribution in [-0.4, -0.2) is 37.1 Å². The van der Waals surface area contributed by atoms with E-state index in [1.807, 2.05) is 6.92 Å². The quantitative estimate of drug-likeness (QED) is 0.488. The van der Waals surface area contributed by atoms with Crippen molar-refractivity contribution in [3.8, 4) is 0 Å². The number of hydrogen-bond donors (Lipinski definition) is 0. The Bertz CT molecular complexity index is 250. The van der Waals surface area contributed by atoms with Crippen molar-refractivity contribution in [3.63, 3.8) is 0 Å². The van der Waals surface area contributed by atoms with E-state index in [-0.39, 0.29) is 13.7 Å². The Kier molecular flexibility index (Phi) is 7.51. The molecule has 2 nitrogen and oxygen atoms in total. The molecule has 0 spiro atoms. The molecule has 1 atom stereocenters. The molecule has 0 fully saturated rings. The van der Waals surface area contributed by atoms with Crippen LogP contribution < -0.4 is 0 Å². The summed E-state index contributed by atoms with van der Waals surface area (Å²) in [6.07, 6.45) is 2.15. The van der Waals surface area contributed by atoms with Gasteiger partial charge in [0.05, 0.1) is 0 Å². The molecule has 102 valence electrons. The predicted octanol–water partition coefficient (Wildman–Crippen LogP) is 4.45. The Morgan fingerprint density at radius 1 is 1.18 bits per heavy atom. The molecular weight excluding hydrogens is 292 g/mol. The molecule has 0 rings (SSSR count). The fourth-order valence-corrected chi connectivity index (χ4v) is 10.2. The summed E-state index contributed by atoms with van der Waals surface area (Å²) in [6, 6.07) is 0. The first kappa shape index (κ1) is 17.6. The second-order valence-corrected chi connectivity index (χ2v) is 17.6. The summed E-state index contributed by atoms with van der Waals surface area (Å²) in [5.74, 6) is 2.53. The topological polar surface area (TPSA) is 26.3 Å². The van der Waals surface area contributed by atoms with Crippen molar-refractivity contribution >= 4 is 27.3 Å².